The Kier molecular flexibility index (Phi) is 4.45. The molecule has 3 atom stereocenters. The summed E-state index contributed by atoms with van der Waals surface area (Å²) in [7, 11) is 0. The summed E-state index contributed by atoms with van der Waals surface area (Å²) in [6.45, 7) is 3.56. The van der Waals surface area contributed by atoms with Gasteiger partial charge >= 0.3 is 5.97 Å². The van der Waals surface area contributed by atoms with Crippen LogP contribution in [-0.2, 0) is 9.53 Å². The highest BCUT2D eigenvalue weighted by Crippen LogP contribution is 2.43. The molecule has 3 heteroatoms. The van der Waals surface area contributed by atoms with E-state index in [1.165, 1.54) is 19.4 Å². The van der Waals surface area contributed by atoms with E-state index >= 15 is 0 Å². The topological polar surface area (TPSA) is 38.3 Å². The van der Waals surface area contributed by atoms with Gasteiger partial charge in [-0.25, -0.2) is 0 Å². The van der Waals surface area contributed by atoms with Gasteiger partial charge in [0.05, 0.1) is 12.5 Å². The number of rotatable bonds is 5. The second kappa shape index (κ2) is 6.30. The van der Waals surface area contributed by atoms with Gasteiger partial charge in [0, 0.05) is 6.04 Å². The van der Waals surface area contributed by atoms with Crippen LogP contribution < -0.4 is 5.32 Å². The molecule has 112 valence electrons. The fourth-order valence-electron chi connectivity index (χ4n) is 4.24. The lowest BCUT2D eigenvalue weighted by Gasteiger charge is -2.29. The summed E-state index contributed by atoms with van der Waals surface area (Å²) in [5.41, 5.74) is 0. The molecule has 3 aliphatic carbocycles. The third-order valence-electron chi connectivity index (χ3n) is 5.43. The van der Waals surface area contributed by atoms with Gasteiger partial charge < -0.3 is 10.1 Å². The first-order chi connectivity index (χ1) is 9.76. The summed E-state index contributed by atoms with van der Waals surface area (Å²) in [6, 6.07) is 0.615. The zero-order valence-corrected chi connectivity index (χ0v) is 12.5. The van der Waals surface area contributed by atoms with Crippen LogP contribution in [0.3, 0.4) is 0 Å². The molecule has 2 bridgehead atoms. The molecule has 0 heterocycles. The van der Waals surface area contributed by atoms with Crippen molar-refractivity contribution in [3.05, 3.63) is 12.2 Å². The Morgan fingerprint density at radius 1 is 1.20 bits per heavy atom. The van der Waals surface area contributed by atoms with Crippen molar-refractivity contribution in [3.63, 3.8) is 0 Å². The highest BCUT2D eigenvalue weighted by atomic mass is 16.5. The van der Waals surface area contributed by atoms with Crippen LogP contribution in [0.4, 0.5) is 0 Å². The van der Waals surface area contributed by atoms with Crippen molar-refractivity contribution in [1.29, 1.82) is 0 Å². The highest BCUT2D eigenvalue weighted by molar-refractivity contribution is 5.72. The van der Waals surface area contributed by atoms with Gasteiger partial charge in [-0.2, -0.15) is 0 Å². The Bertz CT molecular complexity index is 371. The van der Waals surface area contributed by atoms with Gasteiger partial charge in [-0.05, 0) is 69.7 Å². The average Bonchev–Trinajstić information content (AvgIpc) is 3.08. The van der Waals surface area contributed by atoms with E-state index in [1.807, 2.05) is 6.92 Å². The zero-order valence-electron chi connectivity index (χ0n) is 12.5. The largest absolute Gasteiger partial charge is 0.466 e. The molecule has 3 rings (SSSR count). The maximum absolute atomic E-state index is 11.7. The molecule has 3 unspecified atom stereocenters. The summed E-state index contributed by atoms with van der Waals surface area (Å²) in [4.78, 5) is 11.7. The van der Waals surface area contributed by atoms with Gasteiger partial charge in [0.25, 0.3) is 0 Å². The van der Waals surface area contributed by atoms with Crippen molar-refractivity contribution < 1.29 is 9.53 Å². The van der Waals surface area contributed by atoms with Crippen molar-refractivity contribution in [2.75, 3.05) is 13.2 Å². The Labute approximate surface area is 122 Å². The molecule has 0 amide bonds. The van der Waals surface area contributed by atoms with Crippen molar-refractivity contribution in [2.45, 2.75) is 51.5 Å². The quantitative estimate of drug-likeness (QED) is 0.620. The van der Waals surface area contributed by atoms with E-state index in [1.54, 1.807) is 0 Å². The summed E-state index contributed by atoms with van der Waals surface area (Å²) >= 11 is 0. The van der Waals surface area contributed by atoms with Crippen LogP contribution in [0, 0.1) is 23.7 Å². The van der Waals surface area contributed by atoms with Gasteiger partial charge in [-0.15, -0.1) is 0 Å². The smallest absolute Gasteiger partial charge is 0.308 e. The van der Waals surface area contributed by atoms with Gasteiger partial charge in [0.2, 0.25) is 0 Å². The van der Waals surface area contributed by atoms with E-state index in [0.29, 0.717) is 12.6 Å². The first-order valence-electron chi connectivity index (χ1n) is 8.34. The van der Waals surface area contributed by atoms with E-state index in [2.05, 4.69) is 17.5 Å². The molecule has 0 aliphatic heterocycles. The predicted molar refractivity (Wildman–Crippen MR) is 79.2 cm³/mol. The maximum atomic E-state index is 11.7. The molecule has 2 saturated carbocycles. The van der Waals surface area contributed by atoms with E-state index in [4.69, 9.17) is 4.74 Å². The first-order valence-corrected chi connectivity index (χ1v) is 8.34. The van der Waals surface area contributed by atoms with Gasteiger partial charge in [0.1, 0.15) is 0 Å². The van der Waals surface area contributed by atoms with Crippen LogP contribution in [0.25, 0.3) is 0 Å². The Balaban J connectivity index is 1.37. The Morgan fingerprint density at radius 2 is 2.00 bits per heavy atom. The van der Waals surface area contributed by atoms with Crippen LogP contribution >= 0.6 is 0 Å². The first kappa shape index (κ1) is 14.1. The van der Waals surface area contributed by atoms with Crippen LogP contribution in [0.2, 0.25) is 0 Å². The number of carbonyl (C=O) groups excluding carboxylic acids is 1. The van der Waals surface area contributed by atoms with E-state index in [-0.39, 0.29) is 11.9 Å². The predicted octanol–water partition coefficient (Wildman–Crippen LogP) is 2.91. The normalized spacial score (nSPS) is 39.1. The summed E-state index contributed by atoms with van der Waals surface area (Å²) < 4.78 is 5.12. The SMILES string of the molecule is CCOC(=O)C1CCC(NCC2CC3C=CC2C3)CC1. The van der Waals surface area contributed by atoms with Crippen molar-refractivity contribution in [1.82, 2.24) is 5.32 Å². The minimum Gasteiger partial charge on any atom is -0.466 e. The molecule has 0 radical (unpaired) electrons. The number of hydrogen-bond acceptors (Lipinski definition) is 3. The van der Waals surface area contributed by atoms with Crippen LogP contribution in [0.1, 0.15) is 45.4 Å². The van der Waals surface area contributed by atoms with Crippen molar-refractivity contribution >= 4 is 5.97 Å². The fourth-order valence-corrected chi connectivity index (χ4v) is 4.24. The lowest BCUT2D eigenvalue weighted by Crippen LogP contribution is -2.38. The number of nitrogens with one attached hydrogen (secondary N) is 1. The zero-order chi connectivity index (χ0) is 13.9. The van der Waals surface area contributed by atoms with E-state index in [0.717, 1.165) is 43.4 Å². The molecule has 0 spiro atoms. The van der Waals surface area contributed by atoms with E-state index < -0.39 is 0 Å². The minimum absolute atomic E-state index is 0.0178. The van der Waals surface area contributed by atoms with Crippen LogP contribution in [0.5, 0.6) is 0 Å². The monoisotopic (exact) mass is 277 g/mol. The fraction of sp³-hybridized carbons (Fsp3) is 0.824. The molecule has 1 N–H and O–H groups in total. The molecule has 0 aromatic heterocycles. The van der Waals surface area contributed by atoms with Gasteiger partial charge in [-0.1, -0.05) is 12.2 Å². The van der Waals surface area contributed by atoms with Gasteiger partial charge in [-0.3, -0.25) is 4.79 Å². The number of hydrogen-bond donors (Lipinski definition) is 1. The molecular weight excluding hydrogens is 250 g/mol. The van der Waals surface area contributed by atoms with Crippen LogP contribution in [0.15, 0.2) is 12.2 Å². The standard InChI is InChI=1S/C17H27NO2/c1-2-20-17(19)13-5-7-16(8-6-13)18-11-15-10-12-3-4-14(15)9-12/h3-4,12-16,18H,2,5-11H2,1H3. The number of esters is 1. The molecule has 0 aromatic rings. The lowest BCUT2D eigenvalue weighted by molar-refractivity contribution is -0.149. The molecule has 2 fully saturated rings. The number of ether oxygens (including phenoxy) is 1. The second-order valence-corrected chi connectivity index (χ2v) is 6.75. The molecule has 0 saturated heterocycles. The molecule has 3 nitrogen and oxygen atoms in total. The summed E-state index contributed by atoms with van der Waals surface area (Å²) in [6.07, 6.45) is 11.8. The number of carbonyl (C=O) groups is 1. The Morgan fingerprint density at radius 3 is 2.60 bits per heavy atom. The molecule has 20 heavy (non-hydrogen) atoms. The third-order valence-corrected chi connectivity index (χ3v) is 5.43. The molecule has 0 aromatic carbocycles. The van der Waals surface area contributed by atoms with Crippen molar-refractivity contribution in [2.24, 2.45) is 23.7 Å². The average molecular weight is 277 g/mol. The number of allylic oxidation sites excluding steroid dienone is 2. The summed E-state index contributed by atoms with van der Waals surface area (Å²) in [5, 5.41) is 3.75. The second-order valence-electron chi connectivity index (χ2n) is 6.75. The summed E-state index contributed by atoms with van der Waals surface area (Å²) in [5.74, 6) is 2.73. The van der Waals surface area contributed by atoms with E-state index in [9.17, 15) is 4.79 Å². The third kappa shape index (κ3) is 3.08. The minimum atomic E-state index is 0.0178. The molecule has 3 aliphatic rings. The molecular formula is C17H27NO2. The van der Waals surface area contributed by atoms with Crippen LogP contribution in [-0.4, -0.2) is 25.2 Å². The highest BCUT2D eigenvalue weighted by Gasteiger charge is 2.36. The maximum Gasteiger partial charge on any atom is 0.308 e. The number of fused-ring (bicyclic) bond motifs is 2. The van der Waals surface area contributed by atoms with Gasteiger partial charge in [0.15, 0.2) is 0 Å². The lowest BCUT2D eigenvalue weighted by atomic mass is 9.85. The van der Waals surface area contributed by atoms with Crippen molar-refractivity contribution in [3.8, 4) is 0 Å². The Hall–Kier alpha value is -0.830.